The fourth-order valence-electron chi connectivity index (χ4n) is 2.13. The molecule has 0 saturated heterocycles. The van der Waals surface area contributed by atoms with Gasteiger partial charge in [-0.25, -0.2) is 0 Å². The first-order valence-electron chi connectivity index (χ1n) is 6.60. The number of hydrogen-bond donors (Lipinski definition) is 0. The van der Waals surface area contributed by atoms with Gasteiger partial charge in [0.15, 0.2) is 0 Å². The summed E-state index contributed by atoms with van der Waals surface area (Å²) >= 11 is 0. The second-order valence-corrected chi connectivity index (χ2v) is 14.5. The van der Waals surface area contributed by atoms with Crippen LogP contribution in [-0.4, -0.2) is 33.5 Å². The van der Waals surface area contributed by atoms with Crippen molar-refractivity contribution in [3.8, 4) is 5.75 Å². The molecule has 0 spiro atoms. The van der Waals surface area contributed by atoms with Crippen LogP contribution in [0.4, 0.5) is 0 Å². The van der Waals surface area contributed by atoms with E-state index in [9.17, 15) is 0 Å². The Morgan fingerprint density at radius 3 is 1.41 bits per heavy atom. The van der Waals surface area contributed by atoms with Crippen molar-refractivity contribution in [3.63, 3.8) is 0 Å². The fourth-order valence-corrected chi connectivity index (χ4v) is 6.37. The molecule has 0 heterocycles. The van der Waals surface area contributed by atoms with Gasteiger partial charge in [-0.3, -0.25) is 0 Å². The molecule has 0 atom stereocenters. The molecule has 96 valence electrons. The zero-order chi connectivity index (χ0) is 13.2. The van der Waals surface area contributed by atoms with Crippen molar-refractivity contribution in [2.75, 3.05) is 7.11 Å². The first kappa shape index (κ1) is 14.7. The Labute approximate surface area is 111 Å². The third kappa shape index (κ3) is 3.33. The highest BCUT2D eigenvalue weighted by Crippen LogP contribution is 2.07. The topological polar surface area (TPSA) is 9.23 Å². The molecule has 0 aliphatic heterocycles. The van der Waals surface area contributed by atoms with Gasteiger partial charge in [-0.15, -0.1) is 0 Å². The maximum Gasteiger partial charge on any atom is 0.116 e. The van der Waals surface area contributed by atoms with Gasteiger partial charge in [0.25, 0.3) is 0 Å². The molecule has 0 aliphatic rings. The molecule has 17 heavy (non-hydrogen) atoms. The minimum atomic E-state index is -0.805. The Bertz CT molecular complexity index is 357. The molecular formula is C13H26OSi3. The molecule has 0 amide bonds. The Morgan fingerprint density at radius 2 is 1.18 bits per heavy atom. The van der Waals surface area contributed by atoms with Crippen LogP contribution in [0.3, 0.4) is 0 Å². The molecule has 0 radical (unpaired) electrons. The minimum absolute atomic E-state index is 0.710. The van der Waals surface area contributed by atoms with Crippen molar-refractivity contribution in [2.24, 2.45) is 0 Å². The Hall–Kier alpha value is -0.329. The summed E-state index contributed by atoms with van der Waals surface area (Å²) in [6.45, 7) is 14.4. The summed E-state index contributed by atoms with van der Waals surface area (Å²) in [6, 6.07) is 4.90. The fraction of sp³-hybridized carbons (Fsp3) is 0.538. The van der Waals surface area contributed by atoms with Crippen LogP contribution in [-0.2, 0) is 0 Å². The second kappa shape index (κ2) is 6.02. The maximum atomic E-state index is 5.72. The van der Waals surface area contributed by atoms with E-state index in [1.807, 2.05) is 7.11 Å². The van der Waals surface area contributed by atoms with Gasteiger partial charge in [-0.1, -0.05) is 56.6 Å². The third-order valence-corrected chi connectivity index (χ3v) is 8.30. The van der Waals surface area contributed by atoms with E-state index in [-0.39, 0.29) is 0 Å². The van der Waals surface area contributed by atoms with Gasteiger partial charge in [-0.05, 0) is 10.4 Å². The lowest BCUT2D eigenvalue weighted by atomic mass is 10.3. The monoisotopic (exact) mass is 282 g/mol. The molecule has 0 saturated carbocycles. The smallest absolute Gasteiger partial charge is 0.116 e. The van der Waals surface area contributed by atoms with E-state index < -0.39 is 26.4 Å². The molecule has 0 fully saturated rings. The van der Waals surface area contributed by atoms with E-state index >= 15 is 0 Å². The van der Waals surface area contributed by atoms with Gasteiger partial charge in [0.2, 0.25) is 0 Å². The predicted octanol–water partition coefficient (Wildman–Crippen LogP) is 0.776. The average Bonchev–Trinajstić information content (AvgIpc) is 2.26. The molecule has 0 N–H and O–H groups in total. The number of benzene rings is 1. The molecule has 0 aromatic heterocycles. The van der Waals surface area contributed by atoms with E-state index in [2.05, 4.69) is 51.4 Å². The molecule has 4 heteroatoms. The molecule has 0 bridgehead atoms. The summed E-state index contributed by atoms with van der Waals surface area (Å²) in [5.41, 5.74) is 0. The van der Waals surface area contributed by atoms with Crippen LogP contribution in [0.5, 0.6) is 5.75 Å². The first-order chi connectivity index (χ1) is 7.88. The van der Waals surface area contributed by atoms with Crippen LogP contribution in [0, 0.1) is 0 Å². The van der Waals surface area contributed by atoms with Crippen LogP contribution in [0.25, 0.3) is 0 Å². The van der Waals surface area contributed by atoms with Crippen molar-refractivity contribution < 1.29 is 4.74 Å². The summed E-state index contributed by atoms with van der Waals surface area (Å²) < 4.78 is 5.72. The lowest BCUT2D eigenvalue weighted by Gasteiger charge is -2.20. The highest BCUT2D eigenvalue weighted by Gasteiger charge is 2.18. The van der Waals surface area contributed by atoms with E-state index in [4.69, 9.17) is 4.74 Å². The number of methoxy groups -OCH3 is 1. The number of rotatable bonds is 4. The van der Waals surface area contributed by atoms with Crippen LogP contribution in [0.1, 0.15) is 0 Å². The lowest BCUT2D eigenvalue weighted by Crippen LogP contribution is -2.41. The molecule has 0 aliphatic carbocycles. The van der Waals surface area contributed by atoms with E-state index in [0.29, 0.717) is 0 Å². The molecule has 1 aromatic carbocycles. The van der Waals surface area contributed by atoms with Crippen LogP contribution in [0.15, 0.2) is 12.1 Å². The lowest BCUT2D eigenvalue weighted by molar-refractivity contribution is 0.421. The van der Waals surface area contributed by atoms with Crippen LogP contribution in [0.2, 0.25) is 39.3 Å². The molecule has 1 aromatic rings. The number of hydrogen-bond acceptors (Lipinski definition) is 1. The highest BCUT2D eigenvalue weighted by molar-refractivity contribution is 6.78. The Balaban J connectivity index is 3.46. The Morgan fingerprint density at radius 1 is 0.765 bits per heavy atom. The zero-order valence-electron chi connectivity index (χ0n) is 12.3. The predicted molar refractivity (Wildman–Crippen MR) is 88.5 cm³/mol. The van der Waals surface area contributed by atoms with Crippen molar-refractivity contribution in [1.82, 2.24) is 0 Å². The van der Waals surface area contributed by atoms with Crippen molar-refractivity contribution in [3.05, 3.63) is 12.1 Å². The quantitative estimate of drug-likeness (QED) is 0.742. The van der Waals surface area contributed by atoms with Crippen LogP contribution < -0.4 is 20.3 Å². The standard InChI is InChI=1S/C13H26OSi3/c1-14-13-11(16(4)5)8-10(15(2)3)9-12(13)17(6)7/h8-9,15-17H,1-7H3. The van der Waals surface area contributed by atoms with Crippen molar-refractivity contribution >= 4 is 42.0 Å². The minimum Gasteiger partial charge on any atom is -0.497 e. The molecule has 1 nitrogen and oxygen atoms in total. The summed E-state index contributed by atoms with van der Waals surface area (Å²) in [5.74, 6) is 1.23. The largest absolute Gasteiger partial charge is 0.497 e. The average molecular weight is 283 g/mol. The summed E-state index contributed by atoms with van der Waals surface area (Å²) in [7, 11) is -0.484. The third-order valence-electron chi connectivity index (χ3n) is 3.28. The molecular weight excluding hydrogens is 256 g/mol. The second-order valence-electron chi connectivity index (χ2n) is 5.70. The summed E-state index contributed by atoms with van der Waals surface area (Å²) in [5, 5.41) is 4.71. The molecule has 0 unspecified atom stereocenters. The van der Waals surface area contributed by atoms with E-state index in [0.717, 1.165) is 0 Å². The van der Waals surface area contributed by atoms with Crippen LogP contribution >= 0.6 is 0 Å². The summed E-state index contributed by atoms with van der Waals surface area (Å²) in [4.78, 5) is 0. The molecule has 1 rings (SSSR count). The normalized spacial score (nSPS) is 11.6. The Kier molecular flexibility index (Phi) is 5.22. The summed E-state index contributed by atoms with van der Waals surface area (Å²) in [6.07, 6.45) is 0. The van der Waals surface area contributed by atoms with Gasteiger partial charge >= 0.3 is 0 Å². The first-order valence-corrected chi connectivity index (χ1v) is 15.3. The van der Waals surface area contributed by atoms with E-state index in [1.165, 1.54) is 5.75 Å². The maximum absolute atomic E-state index is 5.72. The van der Waals surface area contributed by atoms with Crippen molar-refractivity contribution in [1.29, 1.82) is 0 Å². The van der Waals surface area contributed by atoms with Crippen molar-refractivity contribution in [2.45, 2.75) is 39.3 Å². The van der Waals surface area contributed by atoms with Gasteiger partial charge in [0.05, 0.1) is 33.5 Å². The van der Waals surface area contributed by atoms with Gasteiger partial charge in [0, 0.05) is 0 Å². The van der Waals surface area contributed by atoms with Gasteiger partial charge in [0.1, 0.15) is 5.75 Å². The number of ether oxygens (including phenoxy) is 1. The highest BCUT2D eigenvalue weighted by atomic mass is 28.3. The van der Waals surface area contributed by atoms with Gasteiger partial charge in [-0.2, -0.15) is 0 Å². The van der Waals surface area contributed by atoms with Gasteiger partial charge < -0.3 is 4.74 Å². The van der Waals surface area contributed by atoms with E-state index in [1.54, 1.807) is 15.6 Å². The SMILES string of the molecule is COc1c([SiH](C)C)cc([SiH](C)C)cc1[SiH](C)C. The zero-order valence-corrected chi connectivity index (χ0v) is 15.8.